The molecule has 5 rings (SSSR count). The van der Waals surface area contributed by atoms with Gasteiger partial charge in [-0.05, 0) is 70.6 Å². The SMILES string of the molecule is CCOC(=O)Cc1nc2cnc3c(cc(C)n3S(=O)(=O)c3ccc(C)cc3)c2n1[C@H]1CC[C@H](CC#N)CC1. The fraction of sp³-hybridized carbons (Fsp3) is 0.429. The topological polar surface area (TPSA) is 120 Å². The second-order valence-corrected chi connectivity index (χ2v) is 11.8. The second kappa shape index (κ2) is 10.2. The molecule has 10 heteroatoms. The van der Waals surface area contributed by atoms with Gasteiger partial charge >= 0.3 is 5.97 Å². The first-order valence-electron chi connectivity index (χ1n) is 13.0. The zero-order valence-electron chi connectivity index (χ0n) is 21.8. The lowest BCUT2D eigenvalue weighted by molar-refractivity contribution is -0.142. The zero-order chi connectivity index (χ0) is 27.0. The van der Waals surface area contributed by atoms with Crippen LogP contribution < -0.4 is 0 Å². The summed E-state index contributed by atoms with van der Waals surface area (Å²) >= 11 is 0. The molecule has 0 amide bonds. The van der Waals surface area contributed by atoms with Crippen molar-refractivity contribution in [2.75, 3.05) is 6.61 Å². The van der Waals surface area contributed by atoms with Crippen molar-refractivity contribution < 1.29 is 17.9 Å². The first-order valence-corrected chi connectivity index (χ1v) is 14.4. The van der Waals surface area contributed by atoms with Gasteiger partial charge in [0.25, 0.3) is 10.0 Å². The molecule has 1 saturated carbocycles. The van der Waals surface area contributed by atoms with E-state index in [4.69, 9.17) is 15.0 Å². The van der Waals surface area contributed by atoms with Crippen molar-refractivity contribution in [2.45, 2.75) is 70.2 Å². The summed E-state index contributed by atoms with van der Waals surface area (Å²) in [6, 6.07) is 11.0. The molecule has 3 heterocycles. The molecule has 1 aromatic carbocycles. The van der Waals surface area contributed by atoms with Crippen LogP contribution in [0.4, 0.5) is 0 Å². The van der Waals surface area contributed by atoms with Gasteiger partial charge in [-0.2, -0.15) is 5.26 Å². The number of aromatic nitrogens is 4. The number of aryl methyl sites for hydroxylation is 2. The normalized spacial score (nSPS) is 18.1. The van der Waals surface area contributed by atoms with E-state index in [2.05, 4.69) is 15.6 Å². The highest BCUT2D eigenvalue weighted by Crippen LogP contribution is 2.39. The van der Waals surface area contributed by atoms with Crippen LogP contribution in [0.1, 0.15) is 62.2 Å². The van der Waals surface area contributed by atoms with Gasteiger partial charge in [0.1, 0.15) is 17.8 Å². The van der Waals surface area contributed by atoms with E-state index in [9.17, 15) is 13.2 Å². The maximum atomic E-state index is 13.7. The first kappa shape index (κ1) is 25.9. The zero-order valence-corrected chi connectivity index (χ0v) is 22.7. The summed E-state index contributed by atoms with van der Waals surface area (Å²) in [7, 11) is -3.89. The molecule has 0 unspecified atom stereocenters. The monoisotopic (exact) mass is 533 g/mol. The summed E-state index contributed by atoms with van der Waals surface area (Å²) < 4.78 is 36.0. The molecule has 0 radical (unpaired) electrons. The van der Waals surface area contributed by atoms with Crippen LogP contribution in [0.2, 0.25) is 0 Å². The third-order valence-electron chi connectivity index (χ3n) is 7.41. The Labute approximate surface area is 222 Å². The highest BCUT2D eigenvalue weighted by Gasteiger charge is 2.30. The fourth-order valence-corrected chi connectivity index (χ4v) is 7.09. The predicted octanol–water partition coefficient (Wildman–Crippen LogP) is 4.99. The molecule has 38 heavy (non-hydrogen) atoms. The minimum atomic E-state index is -3.89. The molecule has 198 valence electrons. The van der Waals surface area contributed by atoms with E-state index in [1.807, 2.05) is 13.0 Å². The Hall–Kier alpha value is -3.71. The molecule has 1 aliphatic rings. The molecule has 0 saturated heterocycles. The van der Waals surface area contributed by atoms with Gasteiger partial charge < -0.3 is 9.30 Å². The lowest BCUT2D eigenvalue weighted by atomic mass is 9.84. The van der Waals surface area contributed by atoms with Gasteiger partial charge in [-0.15, -0.1) is 0 Å². The summed E-state index contributed by atoms with van der Waals surface area (Å²) in [6.45, 7) is 5.72. The maximum Gasteiger partial charge on any atom is 0.313 e. The van der Waals surface area contributed by atoms with E-state index in [1.54, 1.807) is 44.3 Å². The number of imidazole rings is 1. The number of nitrogens with zero attached hydrogens (tertiary/aromatic N) is 5. The van der Waals surface area contributed by atoms with Crippen molar-refractivity contribution in [1.29, 1.82) is 5.26 Å². The Balaban J connectivity index is 1.68. The van der Waals surface area contributed by atoms with Crippen molar-refractivity contribution >= 4 is 38.1 Å². The number of rotatable bonds is 7. The molecule has 0 bridgehead atoms. The highest BCUT2D eigenvalue weighted by molar-refractivity contribution is 7.90. The summed E-state index contributed by atoms with van der Waals surface area (Å²) in [6.07, 6.45) is 5.66. The number of carbonyl (C=O) groups excluding carboxylic acids is 1. The van der Waals surface area contributed by atoms with Crippen LogP contribution in [0.3, 0.4) is 0 Å². The van der Waals surface area contributed by atoms with Gasteiger partial charge in [0.2, 0.25) is 0 Å². The smallest absolute Gasteiger partial charge is 0.313 e. The quantitative estimate of drug-likeness (QED) is 0.307. The van der Waals surface area contributed by atoms with E-state index in [-0.39, 0.29) is 29.9 Å². The summed E-state index contributed by atoms with van der Waals surface area (Å²) in [4.78, 5) is 22.0. The molecular formula is C28H31N5O4S. The van der Waals surface area contributed by atoms with E-state index in [0.29, 0.717) is 40.4 Å². The molecule has 1 aliphatic carbocycles. The lowest BCUT2D eigenvalue weighted by Gasteiger charge is -2.29. The fourth-order valence-electron chi connectivity index (χ4n) is 5.60. The number of esters is 1. The number of benzene rings is 1. The van der Waals surface area contributed by atoms with Gasteiger partial charge in [0.05, 0.1) is 29.3 Å². The number of carbonyl (C=O) groups is 1. The van der Waals surface area contributed by atoms with Crippen LogP contribution in [-0.4, -0.2) is 39.5 Å². The van der Waals surface area contributed by atoms with Crippen molar-refractivity contribution in [3.8, 4) is 6.07 Å². The van der Waals surface area contributed by atoms with E-state index in [1.165, 1.54) is 3.97 Å². The number of hydrogen-bond acceptors (Lipinski definition) is 7. The van der Waals surface area contributed by atoms with E-state index >= 15 is 0 Å². The molecule has 0 spiro atoms. The van der Waals surface area contributed by atoms with Crippen LogP contribution in [0.5, 0.6) is 0 Å². The Morgan fingerprint density at radius 2 is 1.87 bits per heavy atom. The van der Waals surface area contributed by atoms with Gasteiger partial charge in [-0.1, -0.05) is 17.7 Å². The number of fused-ring (bicyclic) bond motifs is 3. The van der Waals surface area contributed by atoms with Crippen LogP contribution in [-0.2, 0) is 26.0 Å². The summed E-state index contributed by atoms with van der Waals surface area (Å²) in [5.41, 5.74) is 3.23. The minimum absolute atomic E-state index is 0.0174. The summed E-state index contributed by atoms with van der Waals surface area (Å²) in [5, 5.41) is 9.81. The predicted molar refractivity (Wildman–Crippen MR) is 143 cm³/mol. The Kier molecular flexibility index (Phi) is 6.97. The highest BCUT2D eigenvalue weighted by atomic mass is 32.2. The van der Waals surface area contributed by atoms with Crippen molar-refractivity contribution in [2.24, 2.45) is 5.92 Å². The number of pyridine rings is 1. The van der Waals surface area contributed by atoms with Crippen LogP contribution in [0.25, 0.3) is 22.1 Å². The number of ether oxygens (including phenoxy) is 1. The maximum absolute atomic E-state index is 13.7. The summed E-state index contributed by atoms with van der Waals surface area (Å²) in [5.74, 6) is 0.592. The van der Waals surface area contributed by atoms with Crippen LogP contribution in [0, 0.1) is 31.1 Å². The molecule has 0 atom stereocenters. The van der Waals surface area contributed by atoms with Gasteiger partial charge in [-0.3, -0.25) is 4.79 Å². The average molecular weight is 534 g/mol. The lowest BCUT2D eigenvalue weighted by Crippen LogP contribution is -2.21. The van der Waals surface area contributed by atoms with Crippen LogP contribution >= 0.6 is 0 Å². The molecular weight excluding hydrogens is 502 g/mol. The van der Waals surface area contributed by atoms with Gasteiger partial charge in [0.15, 0.2) is 5.65 Å². The molecule has 4 aromatic rings. The van der Waals surface area contributed by atoms with Gasteiger partial charge in [-0.25, -0.2) is 22.4 Å². The van der Waals surface area contributed by atoms with Crippen LogP contribution in [0.15, 0.2) is 41.4 Å². The standard InChI is InChI=1S/C28H31N5O4S/c1-4-37-26(34)16-25-31-24-17-30-28-23(27(24)32(25)21-9-7-20(8-10-21)13-14-29)15-19(3)33(28)38(35,36)22-11-5-18(2)6-12-22/h5-6,11-12,15,17,20-21H,4,7-10,13,16H2,1-3H3/t20-,21-. The first-order chi connectivity index (χ1) is 18.2. The third kappa shape index (κ3) is 4.56. The van der Waals surface area contributed by atoms with Crippen molar-refractivity contribution in [1.82, 2.24) is 18.5 Å². The molecule has 0 aliphatic heterocycles. The molecule has 0 N–H and O–H groups in total. The average Bonchev–Trinajstić information content (AvgIpc) is 3.42. The van der Waals surface area contributed by atoms with E-state index in [0.717, 1.165) is 36.8 Å². The van der Waals surface area contributed by atoms with E-state index < -0.39 is 10.0 Å². The number of hydrogen-bond donors (Lipinski definition) is 0. The Bertz CT molecular complexity index is 1650. The van der Waals surface area contributed by atoms with Crippen molar-refractivity contribution in [3.63, 3.8) is 0 Å². The molecule has 1 fully saturated rings. The minimum Gasteiger partial charge on any atom is -0.466 e. The molecule has 3 aromatic heterocycles. The van der Waals surface area contributed by atoms with Gasteiger partial charge in [0, 0.05) is 23.5 Å². The third-order valence-corrected chi connectivity index (χ3v) is 9.22. The van der Waals surface area contributed by atoms with Crippen molar-refractivity contribution in [3.05, 3.63) is 53.6 Å². The number of nitriles is 1. The largest absolute Gasteiger partial charge is 0.466 e. The Morgan fingerprint density at radius 3 is 2.53 bits per heavy atom. The second-order valence-electron chi connectivity index (χ2n) is 10.0. The molecule has 9 nitrogen and oxygen atoms in total. The Morgan fingerprint density at radius 1 is 1.16 bits per heavy atom.